The summed E-state index contributed by atoms with van der Waals surface area (Å²) in [6.45, 7) is 2.29. The maximum Gasteiger partial charge on any atom is 0.414 e. The predicted molar refractivity (Wildman–Crippen MR) is 120 cm³/mol. The highest BCUT2D eigenvalue weighted by molar-refractivity contribution is 5.91. The van der Waals surface area contributed by atoms with Crippen LogP contribution in [0.15, 0.2) is 60.8 Å². The predicted octanol–water partition coefficient (Wildman–Crippen LogP) is 4.03. The van der Waals surface area contributed by atoms with Crippen molar-refractivity contribution in [3.63, 3.8) is 0 Å². The third-order valence-corrected chi connectivity index (χ3v) is 6.41. The fourth-order valence-electron chi connectivity index (χ4n) is 4.64. The number of benzene rings is 2. The first-order valence-electron chi connectivity index (χ1n) is 10.6. The Bertz CT molecular complexity index is 948. The summed E-state index contributed by atoms with van der Waals surface area (Å²) in [4.78, 5) is 21.3. The number of amides is 1. The molecule has 0 spiro atoms. The molecule has 156 valence electrons. The smallest absolute Gasteiger partial charge is 0.414 e. The Balaban J connectivity index is 1.25. The summed E-state index contributed by atoms with van der Waals surface area (Å²) in [6.07, 6.45) is 6.38. The highest BCUT2D eigenvalue weighted by Crippen LogP contribution is 2.34. The van der Waals surface area contributed by atoms with Gasteiger partial charge in [0, 0.05) is 56.4 Å². The molecule has 1 fully saturated rings. The van der Waals surface area contributed by atoms with Crippen LogP contribution in [0, 0.1) is 0 Å². The van der Waals surface area contributed by atoms with Crippen molar-refractivity contribution in [3.8, 4) is 0 Å². The van der Waals surface area contributed by atoms with Crippen LogP contribution in [0.25, 0.3) is 0 Å². The Morgan fingerprint density at radius 1 is 1.00 bits per heavy atom. The van der Waals surface area contributed by atoms with E-state index in [4.69, 9.17) is 4.74 Å². The first-order chi connectivity index (χ1) is 14.6. The van der Waals surface area contributed by atoms with Crippen LogP contribution in [0.5, 0.6) is 0 Å². The lowest BCUT2D eigenvalue weighted by molar-refractivity contribution is 0.127. The van der Waals surface area contributed by atoms with Crippen LogP contribution in [0.2, 0.25) is 0 Å². The minimum absolute atomic E-state index is 0.187. The lowest BCUT2D eigenvalue weighted by atomic mass is 9.99. The van der Waals surface area contributed by atoms with Crippen LogP contribution in [0.3, 0.4) is 0 Å². The van der Waals surface area contributed by atoms with Crippen molar-refractivity contribution in [2.24, 2.45) is 0 Å². The van der Waals surface area contributed by atoms with E-state index in [1.54, 1.807) is 0 Å². The van der Waals surface area contributed by atoms with E-state index in [0.29, 0.717) is 6.61 Å². The third kappa shape index (κ3) is 3.31. The zero-order valence-electron chi connectivity index (χ0n) is 17.6. The van der Waals surface area contributed by atoms with E-state index in [-0.39, 0.29) is 18.3 Å². The van der Waals surface area contributed by atoms with Gasteiger partial charge < -0.3 is 14.5 Å². The van der Waals surface area contributed by atoms with Crippen LogP contribution in [-0.4, -0.2) is 50.4 Å². The zero-order chi connectivity index (χ0) is 20.7. The van der Waals surface area contributed by atoms with E-state index in [1.165, 1.54) is 11.4 Å². The molecule has 0 bridgehead atoms. The molecule has 3 aliphatic rings. The Hall–Kier alpha value is -2.99. The van der Waals surface area contributed by atoms with Crippen LogP contribution in [0.4, 0.5) is 21.9 Å². The monoisotopic (exact) mass is 404 g/mol. The molecule has 0 N–H and O–H groups in total. The quantitative estimate of drug-likeness (QED) is 0.769. The molecule has 6 heteroatoms. The first-order valence-corrected chi connectivity index (χ1v) is 10.6. The molecule has 30 heavy (non-hydrogen) atoms. The summed E-state index contributed by atoms with van der Waals surface area (Å²) >= 11 is 0. The molecule has 6 nitrogen and oxygen atoms in total. The summed E-state index contributed by atoms with van der Waals surface area (Å²) < 4.78 is 5.43. The number of nitrogens with zero attached hydrogens (tertiary/aromatic N) is 4. The van der Waals surface area contributed by atoms with Crippen molar-refractivity contribution in [1.82, 2.24) is 4.90 Å². The van der Waals surface area contributed by atoms with Crippen molar-refractivity contribution >= 4 is 23.2 Å². The second-order valence-electron chi connectivity index (χ2n) is 8.39. The molecule has 1 saturated heterocycles. The standard InChI is InChI=1S/C24H28N4O2/c1-25(2)19-7-9-20(10-8-19)27-16-13-23(27)26-14-11-21(12-15-26)28-22-6-4-3-5-18(22)17-30-24(28)29/h3-10,13,16,21,23H,11-12,14-15,17H2,1-2H3. The lowest BCUT2D eigenvalue weighted by Crippen LogP contribution is -2.56. The summed E-state index contributed by atoms with van der Waals surface area (Å²) in [7, 11) is 4.12. The molecular weight excluding hydrogens is 376 g/mol. The second kappa shape index (κ2) is 7.69. The summed E-state index contributed by atoms with van der Waals surface area (Å²) in [6, 6.07) is 16.9. The average molecular weight is 405 g/mol. The van der Waals surface area contributed by atoms with Gasteiger partial charge in [-0.1, -0.05) is 18.2 Å². The van der Waals surface area contributed by atoms with Crippen molar-refractivity contribution in [1.29, 1.82) is 0 Å². The Labute approximate surface area is 177 Å². The van der Waals surface area contributed by atoms with Crippen molar-refractivity contribution in [3.05, 3.63) is 66.4 Å². The van der Waals surface area contributed by atoms with Crippen LogP contribution in [-0.2, 0) is 11.3 Å². The van der Waals surface area contributed by atoms with E-state index >= 15 is 0 Å². The van der Waals surface area contributed by atoms with Gasteiger partial charge in [-0.05, 0) is 49.2 Å². The van der Waals surface area contributed by atoms with Gasteiger partial charge in [0.05, 0.1) is 5.69 Å². The van der Waals surface area contributed by atoms with Crippen molar-refractivity contribution in [2.75, 3.05) is 41.9 Å². The van der Waals surface area contributed by atoms with E-state index in [2.05, 4.69) is 65.3 Å². The highest BCUT2D eigenvalue weighted by Gasteiger charge is 2.37. The van der Waals surface area contributed by atoms with Gasteiger partial charge in [-0.15, -0.1) is 0 Å². The van der Waals surface area contributed by atoms with E-state index in [9.17, 15) is 4.79 Å². The lowest BCUT2D eigenvalue weighted by Gasteiger charge is -2.47. The average Bonchev–Trinajstić information content (AvgIpc) is 2.74. The number of fused-ring (bicyclic) bond motifs is 1. The minimum atomic E-state index is -0.210. The molecule has 1 unspecified atom stereocenters. The zero-order valence-corrected chi connectivity index (χ0v) is 17.6. The van der Waals surface area contributed by atoms with Gasteiger partial charge in [-0.3, -0.25) is 9.80 Å². The Morgan fingerprint density at radius 2 is 1.73 bits per heavy atom. The Morgan fingerprint density at radius 3 is 2.40 bits per heavy atom. The normalized spacial score (nSPS) is 21.8. The number of ether oxygens (including phenoxy) is 1. The SMILES string of the molecule is CN(C)c1ccc(N2C=CC2N2CCC(N3C(=O)OCc4ccccc43)CC2)cc1. The molecule has 0 aliphatic carbocycles. The molecule has 2 aromatic rings. The summed E-state index contributed by atoms with van der Waals surface area (Å²) in [5.74, 6) is 0. The number of anilines is 3. The first kappa shape index (κ1) is 19.0. The number of likely N-dealkylation sites (tertiary alicyclic amines) is 1. The van der Waals surface area contributed by atoms with Gasteiger partial charge in [0.1, 0.15) is 12.8 Å². The molecule has 0 radical (unpaired) electrons. The van der Waals surface area contributed by atoms with Crippen molar-refractivity contribution < 1.29 is 9.53 Å². The molecule has 3 heterocycles. The van der Waals surface area contributed by atoms with Gasteiger partial charge in [0.15, 0.2) is 0 Å². The number of piperidine rings is 1. The highest BCUT2D eigenvalue weighted by atomic mass is 16.6. The second-order valence-corrected chi connectivity index (χ2v) is 8.39. The van der Waals surface area contributed by atoms with Crippen LogP contribution >= 0.6 is 0 Å². The molecule has 2 aromatic carbocycles. The number of hydrogen-bond donors (Lipinski definition) is 0. The maximum absolute atomic E-state index is 12.5. The number of hydrogen-bond acceptors (Lipinski definition) is 5. The molecule has 0 saturated carbocycles. The van der Waals surface area contributed by atoms with Crippen LogP contribution in [0.1, 0.15) is 18.4 Å². The molecule has 3 aliphatic heterocycles. The molecule has 0 aromatic heterocycles. The molecule has 1 amide bonds. The van der Waals surface area contributed by atoms with Gasteiger partial charge >= 0.3 is 6.09 Å². The third-order valence-electron chi connectivity index (χ3n) is 6.41. The fourth-order valence-corrected chi connectivity index (χ4v) is 4.64. The van der Waals surface area contributed by atoms with Crippen LogP contribution < -0.4 is 14.7 Å². The number of para-hydroxylation sites is 1. The largest absolute Gasteiger partial charge is 0.444 e. The minimum Gasteiger partial charge on any atom is -0.444 e. The summed E-state index contributed by atoms with van der Waals surface area (Å²) in [5.41, 5.74) is 4.52. The van der Waals surface area contributed by atoms with E-state index < -0.39 is 0 Å². The molecule has 5 rings (SSSR count). The fraction of sp³-hybridized carbons (Fsp3) is 0.375. The van der Waals surface area contributed by atoms with Gasteiger partial charge in [-0.25, -0.2) is 4.79 Å². The number of cyclic esters (lactones) is 1. The van der Waals surface area contributed by atoms with E-state index in [0.717, 1.165) is 37.2 Å². The molecule has 1 atom stereocenters. The Kier molecular flexibility index (Phi) is 4.87. The van der Waals surface area contributed by atoms with Crippen molar-refractivity contribution in [2.45, 2.75) is 31.7 Å². The topological polar surface area (TPSA) is 39.3 Å². The summed E-state index contributed by atoms with van der Waals surface area (Å²) in [5, 5.41) is 0. The number of rotatable bonds is 4. The van der Waals surface area contributed by atoms with Gasteiger partial charge in [-0.2, -0.15) is 0 Å². The number of carbonyl (C=O) groups is 1. The van der Waals surface area contributed by atoms with Gasteiger partial charge in [0.25, 0.3) is 0 Å². The maximum atomic E-state index is 12.5. The van der Waals surface area contributed by atoms with E-state index in [1.807, 2.05) is 29.2 Å². The molecular formula is C24H28N4O2. The number of carbonyl (C=O) groups excluding carboxylic acids is 1. The van der Waals surface area contributed by atoms with Gasteiger partial charge in [0.2, 0.25) is 0 Å².